The molecule has 0 saturated heterocycles. The first-order chi connectivity index (χ1) is 8.71. The Balaban J connectivity index is 2.04. The molecule has 0 amide bonds. The van der Waals surface area contributed by atoms with Crippen LogP contribution in [-0.4, -0.2) is 16.5 Å². The van der Waals surface area contributed by atoms with Crippen molar-refractivity contribution in [1.29, 1.82) is 0 Å². The van der Waals surface area contributed by atoms with Gasteiger partial charge in [0.05, 0.1) is 0 Å². The van der Waals surface area contributed by atoms with Crippen molar-refractivity contribution in [2.24, 2.45) is 11.3 Å². The zero-order chi connectivity index (χ0) is 13.0. The molecule has 4 N–H and O–H groups in total. The van der Waals surface area contributed by atoms with E-state index < -0.39 is 0 Å². The third-order valence-corrected chi connectivity index (χ3v) is 3.75. The smallest absolute Gasteiger partial charge is 0.145 e. The van der Waals surface area contributed by atoms with Gasteiger partial charge in [0.15, 0.2) is 0 Å². The van der Waals surface area contributed by atoms with E-state index in [0.29, 0.717) is 11.2 Å². The first kappa shape index (κ1) is 13.1. The van der Waals surface area contributed by atoms with Gasteiger partial charge in [-0.3, -0.25) is 0 Å². The molecule has 0 aliphatic heterocycles. The van der Waals surface area contributed by atoms with Crippen molar-refractivity contribution >= 4 is 11.6 Å². The molecule has 2 rings (SSSR count). The van der Waals surface area contributed by atoms with Crippen LogP contribution in [0.3, 0.4) is 0 Å². The van der Waals surface area contributed by atoms with E-state index in [9.17, 15) is 0 Å². The topological polar surface area (TPSA) is 75.9 Å². The predicted molar refractivity (Wildman–Crippen MR) is 74.3 cm³/mol. The lowest BCUT2D eigenvalue weighted by Gasteiger charge is -2.15. The number of anilines is 2. The second-order valence-corrected chi connectivity index (χ2v) is 5.16. The number of nitrogen functional groups attached to an aromatic ring is 1. The van der Waals surface area contributed by atoms with Gasteiger partial charge < -0.3 is 10.7 Å². The molecule has 1 aromatic heterocycles. The minimum atomic E-state index is 0.506. The molecule has 0 radical (unpaired) electrons. The Kier molecular flexibility index (Phi) is 4.01. The molecule has 0 atom stereocenters. The first-order valence-electron chi connectivity index (χ1n) is 6.80. The highest BCUT2D eigenvalue weighted by Crippen LogP contribution is 2.48. The van der Waals surface area contributed by atoms with Crippen molar-refractivity contribution in [1.82, 2.24) is 9.97 Å². The molecule has 0 aromatic carbocycles. The maximum absolute atomic E-state index is 5.44. The Labute approximate surface area is 109 Å². The van der Waals surface area contributed by atoms with Gasteiger partial charge in [0.25, 0.3) is 0 Å². The molecule has 1 saturated carbocycles. The quantitative estimate of drug-likeness (QED) is 0.510. The Bertz CT molecular complexity index is 400. The van der Waals surface area contributed by atoms with Gasteiger partial charge in [-0.2, -0.15) is 0 Å². The molecule has 1 heterocycles. The Hall–Kier alpha value is -1.36. The number of nitrogens with zero attached hydrogens (tertiary/aromatic N) is 2. The summed E-state index contributed by atoms with van der Waals surface area (Å²) in [6.45, 7) is 5.37. The zero-order valence-electron chi connectivity index (χ0n) is 11.3. The van der Waals surface area contributed by atoms with Gasteiger partial charge in [0, 0.05) is 19.0 Å². The van der Waals surface area contributed by atoms with E-state index in [2.05, 4.69) is 34.6 Å². The monoisotopic (exact) mass is 249 g/mol. The normalized spacial score (nSPS) is 16.4. The lowest BCUT2D eigenvalue weighted by Crippen LogP contribution is -2.17. The number of hydrazine groups is 1. The number of aromatic nitrogens is 2. The molecular formula is C13H23N5. The molecule has 1 fully saturated rings. The van der Waals surface area contributed by atoms with Gasteiger partial charge >= 0.3 is 0 Å². The van der Waals surface area contributed by atoms with E-state index >= 15 is 0 Å². The van der Waals surface area contributed by atoms with Crippen molar-refractivity contribution in [2.75, 3.05) is 17.3 Å². The van der Waals surface area contributed by atoms with Gasteiger partial charge in [-0.15, -0.1) is 0 Å². The number of nitrogens with two attached hydrogens (primary N) is 1. The minimum Gasteiger partial charge on any atom is -0.369 e. The minimum absolute atomic E-state index is 0.506. The Morgan fingerprint density at radius 2 is 2.00 bits per heavy atom. The third kappa shape index (κ3) is 3.10. The van der Waals surface area contributed by atoms with Crippen LogP contribution in [0.2, 0.25) is 0 Å². The maximum atomic E-state index is 5.44. The highest BCUT2D eigenvalue weighted by atomic mass is 15.3. The van der Waals surface area contributed by atoms with Crippen LogP contribution in [0, 0.1) is 5.41 Å². The van der Waals surface area contributed by atoms with Gasteiger partial charge in [0.1, 0.15) is 17.5 Å². The van der Waals surface area contributed by atoms with Crippen molar-refractivity contribution in [3.05, 3.63) is 11.9 Å². The van der Waals surface area contributed by atoms with Crippen molar-refractivity contribution in [2.45, 2.75) is 46.0 Å². The van der Waals surface area contributed by atoms with Crippen LogP contribution >= 0.6 is 0 Å². The van der Waals surface area contributed by atoms with Crippen LogP contribution in [0.5, 0.6) is 0 Å². The van der Waals surface area contributed by atoms with E-state index in [-0.39, 0.29) is 0 Å². The second kappa shape index (κ2) is 5.52. The largest absolute Gasteiger partial charge is 0.369 e. The van der Waals surface area contributed by atoms with Crippen LogP contribution in [0.15, 0.2) is 6.07 Å². The van der Waals surface area contributed by atoms with Crippen LogP contribution in [0.25, 0.3) is 0 Å². The lowest BCUT2D eigenvalue weighted by molar-refractivity contribution is 0.520. The molecule has 18 heavy (non-hydrogen) atoms. The zero-order valence-corrected chi connectivity index (χ0v) is 11.3. The van der Waals surface area contributed by atoms with Crippen LogP contribution < -0.4 is 16.6 Å². The third-order valence-electron chi connectivity index (χ3n) is 3.75. The molecule has 0 bridgehead atoms. The summed E-state index contributed by atoms with van der Waals surface area (Å²) in [5, 5.41) is 3.43. The van der Waals surface area contributed by atoms with Crippen molar-refractivity contribution in [3.63, 3.8) is 0 Å². The number of hydrogen-bond donors (Lipinski definition) is 3. The fourth-order valence-corrected chi connectivity index (χ4v) is 2.11. The Morgan fingerprint density at radius 1 is 1.28 bits per heavy atom. The van der Waals surface area contributed by atoms with Crippen LogP contribution in [-0.2, 0) is 6.42 Å². The molecule has 1 aliphatic carbocycles. The highest BCUT2D eigenvalue weighted by Gasteiger charge is 2.40. The second-order valence-electron chi connectivity index (χ2n) is 5.16. The van der Waals surface area contributed by atoms with Crippen molar-refractivity contribution < 1.29 is 0 Å². The average molecular weight is 249 g/mol. The molecule has 100 valence electrons. The molecule has 0 unspecified atom stereocenters. The Morgan fingerprint density at radius 3 is 2.56 bits per heavy atom. The summed E-state index contributed by atoms with van der Waals surface area (Å²) in [6, 6.07) is 1.87. The molecule has 1 aliphatic rings. The van der Waals surface area contributed by atoms with E-state index in [1.807, 2.05) is 6.07 Å². The van der Waals surface area contributed by atoms with Gasteiger partial charge in [0.2, 0.25) is 0 Å². The number of rotatable bonds is 7. The molecular weight excluding hydrogens is 226 g/mol. The standard InChI is InChI=1S/C13H23N5/c1-3-5-10-16-11(8-12(17-10)18-14)15-9-13(4-2)6-7-13/h8H,3-7,9,14H2,1-2H3,(H2,15,16,17,18). The summed E-state index contributed by atoms with van der Waals surface area (Å²) in [7, 11) is 0. The summed E-state index contributed by atoms with van der Waals surface area (Å²) in [4.78, 5) is 8.85. The average Bonchev–Trinajstić information content (AvgIpc) is 3.17. The van der Waals surface area contributed by atoms with E-state index in [1.165, 1.54) is 19.3 Å². The summed E-state index contributed by atoms with van der Waals surface area (Å²) in [6.07, 6.45) is 5.79. The van der Waals surface area contributed by atoms with Gasteiger partial charge in [-0.05, 0) is 31.1 Å². The fourth-order valence-electron chi connectivity index (χ4n) is 2.11. The molecule has 5 nitrogen and oxygen atoms in total. The van der Waals surface area contributed by atoms with Gasteiger partial charge in [-0.25, -0.2) is 15.8 Å². The summed E-state index contributed by atoms with van der Waals surface area (Å²) < 4.78 is 0. The van der Waals surface area contributed by atoms with Crippen LogP contribution in [0.1, 0.15) is 45.4 Å². The van der Waals surface area contributed by atoms with E-state index in [1.54, 1.807) is 0 Å². The predicted octanol–water partition coefficient (Wildman–Crippen LogP) is 2.32. The summed E-state index contributed by atoms with van der Waals surface area (Å²) in [5.74, 6) is 7.83. The van der Waals surface area contributed by atoms with Crippen LogP contribution in [0.4, 0.5) is 11.6 Å². The molecule has 1 aromatic rings. The number of aryl methyl sites for hydroxylation is 1. The number of nitrogens with one attached hydrogen (secondary N) is 2. The van der Waals surface area contributed by atoms with E-state index in [4.69, 9.17) is 5.84 Å². The number of hydrogen-bond acceptors (Lipinski definition) is 5. The first-order valence-corrected chi connectivity index (χ1v) is 6.80. The molecule has 0 spiro atoms. The lowest BCUT2D eigenvalue weighted by atomic mass is 10.0. The van der Waals surface area contributed by atoms with Gasteiger partial charge in [-0.1, -0.05) is 13.8 Å². The molecule has 5 heteroatoms. The van der Waals surface area contributed by atoms with Crippen molar-refractivity contribution in [3.8, 4) is 0 Å². The highest BCUT2D eigenvalue weighted by molar-refractivity contribution is 5.47. The SMILES string of the molecule is CCCc1nc(NN)cc(NCC2(CC)CC2)n1. The van der Waals surface area contributed by atoms with E-state index in [0.717, 1.165) is 31.0 Å². The summed E-state index contributed by atoms with van der Waals surface area (Å²) in [5.41, 5.74) is 3.11. The summed E-state index contributed by atoms with van der Waals surface area (Å²) >= 11 is 0. The fraction of sp³-hybridized carbons (Fsp3) is 0.692. The maximum Gasteiger partial charge on any atom is 0.145 e.